The third kappa shape index (κ3) is 4.30. The number of likely N-dealkylation sites (tertiary alicyclic amines) is 1. The van der Waals surface area contributed by atoms with Crippen molar-refractivity contribution >= 4 is 17.6 Å². The second kappa shape index (κ2) is 8.97. The fourth-order valence-corrected chi connectivity index (χ4v) is 4.56. The third-order valence-corrected chi connectivity index (χ3v) is 6.11. The molecule has 10 nitrogen and oxygen atoms in total. The van der Waals surface area contributed by atoms with Crippen molar-refractivity contribution in [3.63, 3.8) is 0 Å². The molecular formula is C22H29N7O3. The first kappa shape index (κ1) is 21.8. The van der Waals surface area contributed by atoms with Crippen molar-refractivity contribution in [2.75, 3.05) is 19.6 Å². The Hall–Kier alpha value is -3.43. The number of carboxylic acid groups (broad SMARTS) is 1. The molecule has 4 heterocycles. The zero-order valence-corrected chi connectivity index (χ0v) is 18.6. The molecule has 2 amide bonds. The Morgan fingerprint density at radius 2 is 2.06 bits per heavy atom. The number of piperidine rings is 1. The van der Waals surface area contributed by atoms with Crippen LogP contribution in [0.25, 0.3) is 16.9 Å². The summed E-state index contributed by atoms with van der Waals surface area (Å²) in [5, 5.41) is 23.2. The minimum atomic E-state index is -1.11. The van der Waals surface area contributed by atoms with Gasteiger partial charge in [0, 0.05) is 55.0 Å². The summed E-state index contributed by atoms with van der Waals surface area (Å²) in [6.07, 6.45) is 4.30. The molecule has 170 valence electrons. The second-order valence-electron chi connectivity index (χ2n) is 8.63. The molecule has 0 atom stereocenters. The highest BCUT2D eigenvalue weighted by molar-refractivity contribution is 5.77. The molecule has 4 rings (SSSR count). The molecule has 0 bridgehead atoms. The van der Waals surface area contributed by atoms with Crippen LogP contribution in [0.5, 0.6) is 0 Å². The van der Waals surface area contributed by atoms with E-state index in [9.17, 15) is 9.59 Å². The Morgan fingerprint density at radius 3 is 2.75 bits per heavy atom. The summed E-state index contributed by atoms with van der Waals surface area (Å²) in [5.74, 6) is 0.571. The van der Waals surface area contributed by atoms with Crippen LogP contribution in [0.2, 0.25) is 0 Å². The summed E-state index contributed by atoms with van der Waals surface area (Å²) in [4.78, 5) is 29.1. The summed E-state index contributed by atoms with van der Waals surface area (Å²) in [6.45, 7) is 7.83. The number of nitrogens with one attached hydrogen (secondary N) is 2. The number of rotatable bonds is 6. The Morgan fingerprint density at radius 1 is 1.31 bits per heavy atom. The van der Waals surface area contributed by atoms with Crippen molar-refractivity contribution < 1.29 is 14.7 Å². The Kier molecular flexibility index (Phi) is 6.11. The number of carbonyl (C=O) groups excluding carboxylic acids is 1. The number of fused-ring (bicyclic) bond motifs is 1. The van der Waals surface area contributed by atoms with E-state index < -0.39 is 6.09 Å². The molecule has 1 saturated heterocycles. The van der Waals surface area contributed by atoms with Crippen molar-refractivity contribution in [2.24, 2.45) is 0 Å². The number of aromatic nitrogens is 5. The Bertz CT molecular complexity index is 1130. The number of H-pyrrole nitrogens is 1. The van der Waals surface area contributed by atoms with Crippen molar-refractivity contribution in [3.05, 3.63) is 35.4 Å². The van der Waals surface area contributed by atoms with Gasteiger partial charge in [-0.3, -0.25) is 9.89 Å². The van der Waals surface area contributed by atoms with Crippen LogP contribution < -0.4 is 5.32 Å². The summed E-state index contributed by atoms with van der Waals surface area (Å²) in [6, 6.07) is 2.10. The maximum Gasteiger partial charge on any atom is 0.404 e. The maximum absolute atomic E-state index is 12.4. The first-order chi connectivity index (χ1) is 15.3. The van der Waals surface area contributed by atoms with E-state index in [0.717, 1.165) is 41.0 Å². The molecule has 3 N–H and O–H groups in total. The standard InChI is InChI=1S/C22H29N7O3/c1-13(2)18-19(15-5-8-28(9-6-15)17(30)4-7-23-22(31)32)26-27-20(18)16-10-14(3)21-24-12-25-29(21)11-16/h10-13,15,23H,4-9H2,1-3H3,(H,26,27)(H,31,32). The van der Waals surface area contributed by atoms with Gasteiger partial charge in [-0.15, -0.1) is 0 Å². The largest absolute Gasteiger partial charge is 0.465 e. The lowest BCUT2D eigenvalue weighted by Crippen LogP contribution is -2.39. The number of nitrogens with zero attached hydrogens (tertiary/aromatic N) is 5. The fraction of sp³-hybridized carbons (Fsp3) is 0.500. The van der Waals surface area contributed by atoms with Gasteiger partial charge in [0.25, 0.3) is 0 Å². The van der Waals surface area contributed by atoms with Gasteiger partial charge in [0.2, 0.25) is 5.91 Å². The number of pyridine rings is 1. The molecule has 3 aromatic heterocycles. The number of hydrogen-bond donors (Lipinski definition) is 3. The van der Waals surface area contributed by atoms with Gasteiger partial charge in [0.15, 0.2) is 5.65 Å². The normalized spacial score (nSPS) is 14.9. The molecule has 3 aromatic rings. The SMILES string of the molecule is Cc1cc(-c2n[nH]c(C3CCN(C(=O)CCNC(=O)O)CC3)c2C(C)C)cn2ncnc12. The Labute approximate surface area is 186 Å². The quantitative estimate of drug-likeness (QED) is 0.542. The van der Waals surface area contributed by atoms with Gasteiger partial charge in [-0.2, -0.15) is 10.2 Å². The van der Waals surface area contributed by atoms with Crippen molar-refractivity contribution in [2.45, 2.75) is 51.9 Å². The molecule has 0 aromatic carbocycles. The molecule has 1 aliphatic heterocycles. The van der Waals surface area contributed by atoms with E-state index in [0.29, 0.717) is 19.0 Å². The van der Waals surface area contributed by atoms with Gasteiger partial charge < -0.3 is 15.3 Å². The summed E-state index contributed by atoms with van der Waals surface area (Å²) < 4.78 is 1.78. The van der Waals surface area contributed by atoms with Crippen LogP contribution >= 0.6 is 0 Å². The lowest BCUT2D eigenvalue weighted by atomic mass is 9.86. The molecule has 0 saturated carbocycles. The lowest BCUT2D eigenvalue weighted by molar-refractivity contribution is -0.132. The van der Waals surface area contributed by atoms with E-state index in [1.807, 2.05) is 18.0 Å². The van der Waals surface area contributed by atoms with E-state index in [-0.39, 0.29) is 24.8 Å². The topological polar surface area (TPSA) is 129 Å². The molecule has 10 heteroatoms. The monoisotopic (exact) mass is 439 g/mol. The zero-order chi connectivity index (χ0) is 22.8. The first-order valence-corrected chi connectivity index (χ1v) is 11.0. The minimum Gasteiger partial charge on any atom is -0.465 e. The van der Waals surface area contributed by atoms with Crippen LogP contribution in [0.4, 0.5) is 4.79 Å². The number of hydrogen-bond acceptors (Lipinski definition) is 5. The summed E-state index contributed by atoms with van der Waals surface area (Å²) >= 11 is 0. The van der Waals surface area contributed by atoms with Gasteiger partial charge in [0.1, 0.15) is 6.33 Å². The van der Waals surface area contributed by atoms with Gasteiger partial charge in [-0.05, 0) is 37.3 Å². The number of aryl methyl sites for hydroxylation is 1. The van der Waals surface area contributed by atoms with Crippen LogP contribution in [-0.4, -0.2) is 66.4 Å². The highest BCUT2D eigenvalue weighted by Crippen LogP contribution is 2.37. The highest BCUT2D eigenvalue weighted by Gasteiger charge is 2.29. The van der Waals surface area contributed by atoms with E-state index in [2.05, 4.69) is 40.4 Å². The summed E-state index contributed by atoms with van der Waals surface area (Å²) in [5.41, 5.74) is 6.18. The minimum absolute atomic E-state index is 0.0109. The van der Waals surface area contributed by atoms with Crippen molar-refractivity contribution in [1.29, 1.82) is 0 Å². The molecule has 1 aliphatic rings. The van der Waals surface area contributed by atoms with Gasteiger partial charge in [-0.1, -0.05) is 13.8 Å². The van der Waals surface area contributed by atoms with E-state index in [4.69, 9.17) is 10.2 Å². The third-order valence-electron chi connectivity index (χ3n) is 6.11. The van der Waals surface area contributed by atoms with Gasteiger partial charge >= 0.3 is 6.09 Å². The molecule has 0 spiro atoms. The maximum atomic E-state index is 12.4. The molecule has 0 aliphatic carbocycles. The number of aromatic amines is 1. The van der Waals surface area contributed by atoms with E-state index in [1.54, 1.807) is 10.8 Å². The van der Waals surface area contributed by atoms with Crippen LogP contribution in [0.1, 0.15) is 61.8 Å². The smallest absolute Gasteiger partial charge is 0.404 e. The van der Waals surface area contributed by atoms with Crippen LogP contribution in [-0.2, 0) is 4.79 Å². The molecule has 0 radical (unpaired) electrons. The predicted molar refractivity (Wildman–Crippen MR) is 119 cm³/mol. The van der Waals surface area contributed by atoms with Crippen molar-refractivity contribution in [3.8, 4) is 11.3 Å². The second-order valence-corrected chi connectivity index (χ2v) is 8.63. The molecular weight excluding hydrogens is 410 g/mol. The predicted octanol–water partition coefficient (Wildman–Crippen LogP) is 2.91. The lowest BCUT2D eigenvalue weighted by Gasteiger charge is -2.32. The number of amides is 2. The molecule has 32 heavy (non-hydrogen) atoms. The molecule has 0 unspecified atom stereocenters. The van der Waals surface area contributed by atoms with E-state index in [1.165, 1.54) is 5.56 Å². The highest BCUT2D eigenvalue weighted by atomic mass is 16.4. The van der Waals surface area contributed by atoms with Crippen LogP contribution in [0.15, 0.2) is 18.6 Å². The van der Waals surface area contributed by atoms with Crippen LogP contribution in [0.3, 0.4) is 0 Å². The zero-order valence-electron chi connectivity index (χ0n) is 18.6. The van der Waals surface area contributed by atoms with Gasteiger partial charge in [0.05, 0.1) is 5.69 Å². The summed E-state index contributed by atoms with van der Waals surface area (Å²) in [7, 11) is 0. The number of carbonyl (C=O) groups is 2. The van der Waals surface area contributed by atoms with E-state index >= 15 is 0 Å². The molecule has 1 fully saturated rings. The first-order valence-electron chi connectivity index (χ1n) is 11.0. The Balaban J connectivity index is 1.51. The van der Waals surface area contributed by atoms with Crippen molar-refractivity contribution in [1.82, 2.24) is 35.0 Å². The average molecular weight is 440 g/mol. The van der Waals surface area contributed by atoms with Crippen LogP contribution in [0, 0.1) is 6.92 Å². The fourth-order valence-electron chi connectivity index (χ4n) is 4.56. The van der Waals surface area contributed by atoms with Gasteiger partial charge in [-0.25, -0.2) is 14.3 Å². The average Bonchev–Trinajstić information content (AvgIpc) is 3.41.